The number of sulfonamides is 1. The molecule has 0 N–H and O–H groups in total. The van der Waals surface area contributed by atoms with E-state index in [2.05, 4.69) is 0 Å². The standard InChI is InChI=1S/C17H22N2O5S/c20-16-2-1-9-19(16)14-3-5-15(6-4-14)25(21,22)18-10-7-17(8-11-18)23-12-13-24-17/h3-6H,1-2,7-13H2. The molecule has 7 nitrogen and oxygen atoms in total. The van der Waals surface area contributed by atoms with Crippen LogP contribution in [0.5, 0.6) is 0 Å². The summed E-state index contributed by atoms with van der Waals surface area (Å²) in [6.45, 7) is 2.61. The molecule has 0 aliphatic carbocycles. The van der Waals surface area contributed by atoms with E-state index in [4.69, 9.17) is 9.47 Å². The first-order valence-corrected chi connectivity index (χ1v) is 10.1. The average Bonchev–Trinajstić information content (AvgIpc) is 3.25. The molecule has 0 unspecified atom stereocenters. The Hall–Kier alpha value is -1.48. The normalized spacial score (nSPS) is 24.3. The second kappa shape index (κ2) is 6.35. The Morgan fingerprint density at radius 3 is 2.16 bits per heavy atom. The van der Waals surface area contributed by atoms with E-state index >= 15 is 0 Å². The van der Waals surface area contributed by atoms with Crippen LogP contribution in [-0.4, -0.2) is 57.3 Å². The Kier molecular flexibility index (Phi) is 4.31. The molecule has 3 heterocycles. The van der Waals surface area contributed by atoms with Gasteiger partial charge < -0.3 is 14.4 Å². The first kappa shape index (κ1) is 17.0. The lowest BCUT2D eigenvalue weighted by Gasteiger charge is -2.36. The molecule has 0 bridgehead atoms. The van der Waals surface area contributed by atoms with E-state index in [1.807, 2.05) is 0 Å². The second-order valence-electron chi connectivity index (χ2n) is 6.65. The molecule has 1 aromatic carbocycles. The summed E-state index contributed by atoms with van der Waals surface area (Å²) in [5, 5.41) is 0. The third kappa shape index (κ3) is 3.08. The zero-order valence-electron chi connectivity index (χ0n) is 14.0. The molecule has 0 atom stereocenters. The van der Waals surface area contributed by atoms with Crippen molar-refractivity contribution in [1.29, 1.82) is 0 Å². The van der Waals surface area contributed by atoms with Gasteiger partial charge in [0.2, 0.25) is 15.9 Å². The Balaban J connectivity index is 1.48. The fourth-order valence-electron chi connectivity index (χ4n) is 3.72. The van der Waals surface area contributed by atoms with Gasteiger partial charge in [-0.15, -0.1) is 0 Å². The van der Waals surface area contributed by atoms with Crippen LogP contribution in [0.4, 0.5) is 5.69 Å². The van der Waals surface area contributed by atoms with Crippen LogP contribution in [0.3, 0.4) is 0 Å². The molecule has 136 valence electrons. The summed E-state index contributed by atoms with van der Waals surface area (Å²) in [7, 11) is -3.54. The molecule has 8 heteroatoms. The number of ether oxygens (including phenoxy) is 2. The first-order chi connectivity index (χ1) is 12.0. The Bertz CT molecular complexity index is 746. The fraction of sp³-hybridized carbons (Fsp3) is 0.588. The lowest BCUT2D eigenvalue weighted by atomic mass is 10.1. The van der Waals surface area contributed by atoms with Gasteiger partial charge in [0.1, 0.15) is 0 Å². The van der Waals surface area contributed by atoms with E-state index in [-0.39, 0.29) is 10.8 Å². The third-order valence-electron chi connectivity index (χ3n) is 5.16. The number of amides is 1. The Labute approximate surface area is 147 Å². The van der Waals surface area contributed by atoms with Gasteiger partial charge >= 0.3 is 0 Å². The third-order valence-corrected chi connectivity index (χ3v) is 7.07. The summed E-state index contributed by atoms with van der Waals surface area (Å²) >= 11 is 0. The van der Waals surface area contributed by atoms with Gasteiger partial charge in [0, 0.05) is 44.6 Å². The highest BCUT2D eigenvalue weighted by atomic mass is 32.2. The van der Waals surface area contributed by atoms with E-state index < -0.39 is 15.8 Å². The van der Waals surface area contributed by atoms with Gasteiger partial charge in [0.05, 0.1) is 18.1 Å². The minimum atomic E-state index is -3.54. The van der Waals surface area contributed by atoms with Gasteiger partial charge in [-0.05, 0) is 30.7 Å². The highest BCUT2D eigenvalue weighted by molar-refractivity contribution is 7.89. The van der Waals surface area contributed by atoms with Crippen LogP contribution in [0.2, 0.25) is 0 Å². The van der Waals surface area contributed by atoms with Crippen molar-refractivity contribution in [2.24, 2.45) is 0 Å². The van der Waals surface area contributed by atoms with Crippen molar-refractivity contribution >= 4 is 21.6 Å². The molecule has 1 spiro atoms. The van der Waals surface area contributed by atoms with Crippen LogP contribution < -0.4 is 4.90 Å². The number of hydrogen-bond acceptors (Lipinski definition) is 5. The highest BCUT2D eigenvalue weighted by Crippen LogP contribution is 2.33. The summed E-state index contributed by atoms with van der Waals surface area (Å²) in [4.78, 5) is 13.8. The lowest BCUT2D eigenvalue weighted by molar-refractivity contribution is -0.179. The lowest BCUT2D eigenvalue weighted by Crippen LogP contribution is -2.47. The summed E-state index contributed by atoms with van der Waals surface area (Å²) in [6, 6.07) is 6.60. The quantitative estimate of drug-likeness (QED) is 0.807. The first-order valence-electron chi connectivity index (χ1n) is 8.69. The van der Waals surface area contributed by atoms with Crippen LogP contribution >= 0.6 is 0 Å². The molecule has 4 rings (SSSR count). The van der Waals surface area contributed by atoms with Crippen molar-refractivity contribution in [3.8, 4) is 0 Å². The molecular formula is C17H22N2O5S. The van der Waals surface area contributed by atoms with Gasteiger partial charge in [-0.3, -0.25) is 4.79 Å². The van der Waals surface area contributed by atoms with E-state index in [1.54, 1.807) is 29.2 Å². The number of nitrogens with zero attached hydrogens (tertiary/aromatic N) is 2. The predicted molar refractivity (Wildman–Crippen MR) is 90.7 cm³/mol. The van der Waals surface area contributed by atoms with E-state index in [9.17, 15) is 13.2 Å². The van der Waals surface area contributed by atoms with Gasteiger partial charge in [0.25, 0.3) is 0 Å². The summed E-state index contributed by atoms with van der Waals surface area (Å²) in [5.74, 6) is -0.500. The van der Waals surface area contributed by atoms with Gasteiger partial charge in [0.15, 0.2) is 5.79 Å². The van der Waals surface area contributed by atoms with Crippen LogP contribution in [-0.2, 0) is 24.3 Å². The zero-order valence-corrected chi connectivity index (χ0v) is 14.8. The number of piperidine rings is 1. The average molecular weight is 366 g/mol. The molecule has 1 aromatic rings. The SMILES string of the molecule is O=C1CCCN1c1ccc(S(=O)(=O)N2CCC3(CC2)OCCO3)cc1. The van der Waals surface area contributed by atoms with Crippen molar-refractivity contribution in [2.45, 2.75) is 36.4 Å². The molecule has 3 saturated heterocycles. The van der Waals surface area contributed by atoms with E-state index in [1.165, 1.54) is 4.31 Å². The van der Waals surface area contributed by atoms with Gasteiger partial charge in [-0.25, -0.2) is 8.42 Å². The molecule has 25 heavy (non-hydrogen) atoms. The minimum absolute atomic E-state index is 0.0912. The minimum Gasteiger partial charge on any atom is -0.347 e. The molecule has 3 fully saturated rings. The van der Waals surface area contributed by atoms with Crippen molar-refractivity contribution in [1.82, 2.24) is 4.31 Å². The molecule has 0 saturated carbocycles. The number of anilines is 1. The summed E-state index contributed by atoms with van der Waals surface area (Å²) in [6.07, 6.45) is 2.50. The Morgan fingerprint density at radius 2 is 1.60 bits per heavy atom. The second-order valence-corrected chi connectivity index (χ2v) is 8.59. The van der Waals surface area contributed by atoms with E-state index in [0.29, 0.717) is 52.1 Å². The molecule has 1 amide bonds. The monoisotopic (exact) mass is 366 g/mol. The summed E-state index contributed by atoms with van der Waals surface area (Å²) < 4.78 is 38.5. The topological polar surface area (TPSA) is 76.2 Å². The molecule has 0 aromatic heterocycles. The van der Waals surface area contributed by atoms with Crippen molar-refractivity contribution < 1.29 is 22.7 Å². The smallest absolute Gasteiger partial charge is 0.243 e. The number of hydrogen-bond donors (Lipinski definition) is 0. The Morgan fingerprint density at radius 1 is 0.960 bits per heavy atom. The summed E-state index contributed by atoms with van der Waals surface area (Å²) in [5.41, 5.74) is 0.756. The van der Waals surface area contributed by atoms with E-state index in [0.717, 1.165) is 12.1 Å². The predicted octanol–water partition coefficient (Wildman–Crippen LogP) is 1.34. The largest absolute Gasteiger partial charge is 0.347 e. The highest BCUT2D eigenvalue weighted by Gasteiger charge is 2.42. The van der Waals surface area contributed by atoms with Crippen LogP contribution in [0, 0.1) is 0 Å². The van der Waals surface area contributed by atoms with Crippen molar-refractivity contribution in [3.05, 3.63) is 24.3 Å². The zero-order chi connectivity index (χ0) is 17.5. The van der Waals surface area contributed by atoms with Crippen molar-refractivity contribution in [2.75, 3.05) is 37.7 Å². The van der Waals surface area contributed by atoms with Gasteiger partial charge in [-0.2, -0.15) is 4.31 Å². The molecule has 0 radical (unpaired) electrons. The molecule has 3 aliphatic rings. The number of carbonyl (C=O) groups excluding carboxylic acids is 1. The number of carbonyl (C=O) groups is 1. The van der Waals surface area contributed by atoms with Crippen LogP contribution in [0.15, 0.2) is 29.2 Å². The maximum absolute atomic E-state index is 12.9. The van der Waals surface area contributed by atoms with Crippen LogP contribution in [0.1, 0.15) is 25.7 Å². The maximum atomic E-state index is 12.9. The number of benzene rings is 1. The maximum Gasteiger partial charge on any atom is 0.243 e. The molecule has 3 aliphatic heterocycles. The number of rotatable bonds is 3. The molecular weight excluding hydrogens is 344 g/mol. The fourth-order valence-corrected chi connectivity index (χ4v) is 5.16. The van der Waals surface area contributed by atoms with Crippen molar-refractivity contribution in [3.63, 3.8) is 0 Å². The van der Waals surface area contributed by atoms with Gasteiger partial charge in [-0.1, -0.05) is 0 Å². The van der Waals surface area contributed by atoms with Crippen LogP contribution in [0.25, 0.3) is 0 Å².